The van der Waals surface area contributed by atoms with E-state index < -0.39 is 37.6 Å². The summed E-state index contributed by atoms with van der Waals surface area (Å²) in [6, 6.07) is 6.02. The normalized spacial score (nSPS) is 13.9. The molecule has 0 bridgehead atoms. The molecule has 0 saturated heterocycles. The number of fused-ring (bicyclic) bond motifs is 1. The van der Waals surface area contributed by atoms with Crippen LogP contribution in [0.1, 0.15) is 15.9 Å². The fourth-order valence-corrected chi connectivity index (χ4v) is 3.68. The third kappa shape index (κ3) is 4.32. The van der Waals surface area contributed by atoms with Gasteiger partial charge in [0.2, 0.25) is 0 Å². The van der Waals surface area contributed by atoms with Gasteiger partial charge in [-0.1, -0.05) is 11.6 Å². The van der Waals surface area contributed by atoms with Crippen molar-refractivity contribution in [1.82, 2.24) is 10.3 Å². The first-order valence-electron chi connectivity index (χ1n) is 7.66. The van der Waals surface area contributed by atoms with E-state index in [1.165, 1.54) is 18.2 Å². The summed E-state index contributed by atoms with van der Waals surface area (Å²) in [5, 5.41) is -0.436. The predicted octanol–water partition coefficient (Wildman–Crippen LogP) is 2.75. The van der Waals surface area contributed by atoms with Gasteiger partial charge in [-0.2, -0.15) is 13.2 Å². The first kappa shape index (κ1) is 20.2. The second kappa shape index (κ2) is 7.49. The molecule has 0 aliphatic carbocycles. The molecule has 0 saturated carbocycles. The number of hydrazine groups is 1. The van der Waals surface area contributed by atoms with Crippen LogP contribution in [0.4, 0.5) is 13.2 Å². The molecule has 2 aromatic rings. The highest BCUT2D eigenvalue weighted by Crippen LogP contribution is 2.33. The number of carbonyl (C=O) groups excluding carboxylic acids is 1. The lowest BCUT2D eigenvalue weighted by molar-refractivity contribution is -0.137. The number of carbonyl (C=O) groups is 1. The van der Waals surface area contributed by atoms with E-state index >= 15 is 0 Å². The zero-order valence-corrected chi connectivity index (χ0v) is 15.4. The van der Waals surface area contributed by atoms with Crippen molar-refractivity contribution in [2.75, 3.05) is 13.2 Å². The largest absolute Gasteiger partial charge is 0.486 e. The monoisotopic (exact) mass is 436 g/mol. The highest BCUT2D eigenvalue weighted by atomic mass is 35.5. The van der Waals surface area contributed by atoms with Gasteiger partial charge in [0.25, 0.3) is 15.9 Å². The Bertz CT molecular complexity index is 1030. The van der Waals surface area contributed by atoms with Crippen LogP contribution in [-0.2, 0) is 16.2 Å². The van der Waals surface area contributed by atoms with Crippen LogP contribution in [0, 0.1) is 0 Å². The highest BCUT2D eigenvalue weighted by Gasteiger charge is 2.33. The van der Waals surface area contributed by atoms with E-state index in [9.17, 15) is 26.4 Å². The smallest absolute Gasteiger partial charge is 0.416 e. The van der Waals surface area contributed by atoms with E-state index in [0.717, 1.165) is 6.07 Å². The van der Waals surface area contributed by atoms with E-state index in [2.05, 4.69) is 0 Å². The Hall–Kier alpha value is -2.50. The summed E-state index contributed by atoms with van der Waals surface area (Å²) < 4.78 is 73.6. The lowest BCUT2D eigenvalue weighted by Gasteiger charge is -2.18. The van der Waals surface area contributed by atoms with Gasteiger partial charge >= 0.3 is 6.18 Å². The van der Waals surface area contributed by atoms with Gasteiger partial charge in [0.05, 0.1) is 10.6 Å². The molecule has 0 radical (unpaired) electrons. The Morgan fingerprint density at radius 1 is 1.04 bits per heavy atom. The Kier molecular flexibility index (Phi) is 5.41. The van der Waals surface area contributed by atoms with Crippen LogP contribution in [0.15, 0.2) is 41.3 Å². The molecule has 0 aromatic heterocycles. The molecule has 12 heteroatoms. The Morgan fingerprint density at radius 2 is 1.71 bits per heavy atom. The molecule has 3 rings (SSSR count). The molecule has 7 nitrogen and oxygen atoms in total. The molecule has 0 unspecified atom stereocenters. The molecule has 0 spiro atoms. The summed E-state index contributed by atoms with van der Waals surface area (Å²) in [5.74, 6) is -0.120. The summed E-state index contributed by atoms with van der Waals surface area (Å²) in [6.45, 7) is 0.648. The van der Waals surface area contributed by atoms with Gasteiger partial charge in [-0.25, -0.2) is 8.42 Å². The third-order valence-electron chi connectivity index (χ3n) is 3.65. The van der Waals surface area contributed by atoms with Crippen LogP contribution in [0.25, 0.3) is 0 Å². The number of ether oxygens (including phenoxy) is 2. The van der Waals surface area contributed by atoms with Gasteiger partial charge in [-0.15, -0.1) is 4.83 Å². The average Bonchev–Trinajstić information content (AvgIpc) is 2.65. The lowest BCUT2D eigenvalue weighted by atomic mass is 10.2. The average molecular weight is 437 g/mol. The molecule has 1 amide bonds. The minimum absolute atomic E-state index is 0.0436. The second-order valence-electron chi connectivity index (χ2n) is 5.56. The number of nitrogens with one attached hydrogen (secondary N) is 2. The molecule has 1 aliphatic rings. The number of alkyl halides is 3. The van der Waals surface area contributed by atoms with Gasteiger partial charge in [-0.05, 0) is 36.4 Å². The summed E-state index contributed by atoms with van der Waals surface area (Å²) >= 11 is 5.71. The van der Waals surface area contributed by atoms with E-state index in [1.807, 2.05) is 5.43 Å². The standard InChI is InChI=1S/C16H12ClF3N2O5S/c17-11-3-2-10(16(18,19)20)8-14(11)28(24,25)22-21-15(23)9-1-4-12-13(7-9)27-6-5-26-12/h1-4,7-8,22H,5-6H2,(H,21,23). The fourth-order valence-electron chi connectivity index (χ4n) is 2.31. The number of sulfonamides is 1. The first-order chi connectivity index (χ1) is 13.1. The quantitative estimate of drug-likeness (QED) is 0.719. The summed E-state index contributed by atoms with van der Waals surface area (Å²) in [6.07, 6.45) is -4.76. The predicted molar refractivity (Wildman–Crippen MR) is 91.7 cm³/mol. The van der Waals surface area contributed by atoms with E-state index in [-0.39, 0.29) is 5.56 Å². The van der Waals surface area contributed by atoms with Crippen molar-refractivity contribution in [2.45, 2.75) is 11.1 Å². The number of amides is 1. The van der Waals surface area contributed by atoms with Crippen molar-refractivity contribution in [2.24, 2.45) is 0 Å². The van der Waals surface area contributed by atoms with Crippen LogP contribution in [-0.4, -0.2) is 27.5 Å². The molecule has 150 valence electrons. The maximum Gasteiger partial charge on any atom is 0.416 e. The maximum atomic E-state index is 12.8. The van der Waals surface area contributed by atoms with Crippen molar-refractivity contribution >= 4 is 27.5 Å². The molecule has 2 aromatic carbocycles. The molecular formula is C16H12ClF3N2O5S. The topological polar surface area (TPSA) is 93.7 Å². The SMILES string of the molecule is O=C(NNS(=O)(=O)c1cc(C(F)(F)F)ccc1Cl)c1ccc2c(c1)OCCO2. The van der Waals surface area contributed by atoms with Crippen LogP contribution in [0.5, 0.6) is 11.5 Å². The zero-order chi connectivity index (χ0) is 20.5. The summed E-state index contributed by atoms with van der Waals surface area (Å²) in [7, 11) is -4.56. The Morgan fingerprint density at radius 3 is 2.39 bits per heavy atom. The summed E-state index contributed by atoms with van der Waals surface area (Å²) in [5.41, 5.74) is 0.762. The van der Waals surface area contributed by atoms with Gasteiger partial charge in [0.1, 0.15) is 18.1 Å². The second-order valence-corrected chi connectivity index (χ2v) is 7.62. The minimum Gasteiger partial charge on any atom is -0.486 e. The molecule has 0 fully saturated rings. The first-order valence-corrected chi connectivity index (χ1v) is 9.52. The van der Waals surface area contributed by atoms with Crippen molar-refractivity contribution in [3.63, 3.8) is 0 Å². The third-order valence-corrected chi connectivity index (χ3v) is 5.38. The molecule has 2 N–H and O–H groups in total. The Balaban J connectivity index is 1.77. The van der Waals surface area contributed by atoms with E-state index in [1.54, 1.807) is 4.83 Å². The van der Waals surface area contributed by atoms with Crippen molar-refractivity contribution in [3.8, 4) is 11.5 Å². The van der Waals surface area contributed by atoms with Gasteiger partial charge in [0, 0.05) is 5.56 Å². The van der Waals surface area contributed by atoms with Crippen molar-refractivity contribution in [1.29, 1.82) is 0 Å². The Labute approximate surface area is 162 Å². The molecule has 1 aliphatic heterocycles. The van der Waals surface area contributed by atoms with Crippen LogP contribution in [0.2, 0.25) is 5.02 Å². The molecule has 0 atom stereocenters. The summed E-state index contributed by atoms with van der Waals surface area (Å²) in [4.78, 5) is 13.1. The van der Waals surface area contributed by atoms with Crippen LogP contribution in [0.3, 0.4) is 0 Å². The van der Waals surface area contributed by atoms with Gasteiger partial charge in [0.15, 0.2) is 11.5 Å². The highest BCUT2D eigenvalue weighted by molar-refractivity contribution is 7.89. The zero-order valence-electron chi connectivity index (χ0n) is 13.8. The van der Waals surface area contributed by atoms with Gasteiger partial charge < -0.3 is 9.47 Å². The molecular weight excluding hydrogens is 425 g/mol. The number of benzene rings is 2. The minimum atomic E-state index is -4.76. The van der Waals surface area contributed by atoms with Gasteiger partial charge in [-0.3, -0.25) is 10.2 Å². The fraction of sp³-hybridized carbons (Fsp3) is 0.188. The number of rotatable bonds is 4. The molecule has 1 heterocycles. The lowest BCUT2D eigenvalue weighted by Crippen LogP contribution is -2.41. The van der Waals surface area contributed by atoms with Crippen molar-refractivity contribution in [3.05, 3.63) is 52.5 Å². The van der Waals surface area contributed by atoms with Crippen LogP contribution >= 0.6 is 11.6 Å². The van der Waals surface area contributed by atoms with Crippen LogP contribution < -0.4 is 19.7 Å². The molecule has 28 heavy (non-hydrogen) atoms. The number of halogens is 4. The van der Waals surface area contributed by atoms with E-state index in [0.29, 0.717) is 36.8 Å². The number of hydrogen-bond donors (Lipinski definition) is 2. The maximum absolute atomic E-state index is 12.8. The van der Waals surface area contributed by atoms with E-state index in [4.69, 9.17) is 21.1 Å². The number of hydrogen-bond acceptors (Lipinski definition) is 5. The van der Waals surface area contributed by atoms with Crippen molar-refractivity contribution < 1.29 is 35.9 Å².